The summed E-state index contributed by atoms with van der Waals surface area (Å²) in [5.41, 5.74) is 0.356. The zero-order valence-electron chi connectivity index (χ0n) is 16.5. The van der Waals surface area contributed by atoms with Gasteiger partial charge in [-0.3, -0.25) is 14.4 Å². The molecular formula is C22H23ClFN3O3. The highest BCUT2D eigenvalue weighted by molar-refractivity contribution is 6.33. The molecule has 0 aliphatic carbocycles. The van der Waals surface area contributed by atoms with Crippen LogP contribution >= 0.6 is 11.6 Å². The number of likely N-dealkylation sites (tertiary alicyclic amines) is 1. The van der Waals surface area contributed by atoms with Crippen LogP contribution in [0.3, 0.4) is 0 Å². The number of hydrogen-bond acceptors (Lipinski definition) is 3. The molecule has 1 aliphatic heterocycles. The Hall–Kier alpha value is -2.93. The summed E-state index contributed by atoms with van der Waals surface area (Å²) in [5.74, 6) is -1.62. The number of benzene rings is 2. The first-order chi connectivity index (χ1) is 14.4. The summed E-state index contributed by atoms with van der Waals surface area (Å²) in [6.07, 6.45) is 1.11. The predicted octanol–water partition coefficient (Wildman–Crippen LogP) is 3.02. The van der Waals surface area contributed by atoms with Crippen molar-refractivity contribution in [1.29, 1.82) is 0 Å². The summed E-state index contributed by atoms with van der Waals surface area (Å²) in [7, 11) is 0. The summed E-state index contributed by atoms with van der Waals surface area (Å²) in [6, 6.07) is 11.6. The zero-order chi connectivity index (χ0) is 21.7. The van der Waals surface area contributed by atoms with Crippen molar-refractivity contribution in [3.63, 3.8) is 0 Å². The van der Waals surface area contributed by atoms with E-state index >= 15 is 0 Å². The van der Waals surface area contributed by atoms with Gasteiger partial charge in [0.1, 0.15) is 11.9 Å². The van der Waals surface area contributed by atoms with Crippen molar-refractivity contribution in [1.82, 2.24) is 15.5 Å². The van der Waals surface area contributed by atoms with Gasteiger partial charge in [0.25, 0.3) is 11.8 Å². The molecule has 2 N–H and O–H groups in total. The SMILES string of the molecule is CC(NC(=O)c1ccccc1Cl)C(=O)NC1CCN(C(=O)c2ccccc2F)CC1. The fraction of sp³-hybridized carbons (Fsp3) is 0.318. The molecule has 0 radical (unpaired) electrons. The minimum Gasteiger partial charge on any atom is -0.351 e. The van der Waals surface area contributed by atoms with E-state index in [-0.39, 0.29) is 23.4 Å². The highest BCUT2D eigenvalue weighted by atomic mass is 35.5. The Morgan fingerprint density at radius 1 is 1.03 bits per heavy atom. The van der Waals surface area contributed by atoms with Crippen molar-refractivity contribution in [3.8, 4) is 0 Å². The van der Waals surface area contributed by atoms with Crippen LogP contribution in [0.5, 0.6) is 0 Å². The van der Waals surface area contributed by atoms with E-state index in [1.54, 1.807) is 48.2 Å². The lowest BCUT2D eigenvalue weighted by atomic mass is 10.0. The molecule has 3 amide bonds. The van der Waals surface area contributed by atoms with Crippen molar-refractivity contribution in [2.45, 2.75) is 31.8 Å². The predicted molar refractivity (Wildman–Crippen MR) is 112 cm³/mol. The van der Waals surface area contributed by atoms with Crippen LogP contribution in [0.2, 0.25) is 5.02 Å². The molecule has 1 atom stereocenters. The lowest BCUT2D eigenvalue weighted by Gasteiger charge is -2.33. The van der Waals surface area contributed by atoms with Gasteiger partial charge < -0.3 is 15.5 Å². The molecule has 3 rings (SSSR count). The molecule has 0 saturated carbocycles. The molecule has 1 fully saturated rings. The summed E-state index contributed by atoms with van der Waals surface area (Å²) in [6.45, 7) is 2.43. The molecule has 158 valence electrons. The van der Waals surface area contributed by atoms with Crippen molar-refractivity contribution in [2.24, 2.45) is 0 Å². The Balaban J connectivity index is 1.49. The molecule has 1 saturated heterocycles. The number of hydrogen-bond donors (Lipinski definition) is 2. The summed E-state index contributed by atoms with van der Waals surface area (Å²) in [5, 5.41) is 5.86. The summed E-state index contributed by atoms with van der Waals surface area (Å²) < 4.78 is 13.8. The Morgan fingerprint density at radius 2 is 1.63 bits per heavy atom. The number of rotatable bonds is 5. The molecule has 1 heterocycles. The van der Waals surface area contributed by atoms with Crippen LogP contribution in [-0.4, -0.2) is 47.8 Å². The van der Waals surface area contributed by atoms with Crippen LogP contribution in [-0.2, 0) is 4.79 Å². The van der Waals surface area contributed by atoms with Gasteiger partial charge in [0.15, 0.2) is 0 Å². The van der Waals surface area contributed by atoms with Gasteiger partial charge in [0, 0.05) is 19.1 Å². The third-order valence-corrected chi connectivity index (χ3v) is 5.42. The van der Waals surface area contributed by atoms with Gasteiger partial charge in [0.2, 0.25) is 5.91 Å². The van der Waals surface area contributed by atoms with E-state index in [0.29, 0.717) is 36.5 Å². The second-order valence-corrected chi connectivity index (χ2v) is 7.64. The minimum atomic E-state index is -0.744. The zero-order valence-corrected chi connectivity index (χ0v) is 17.3. The second kappa shape index (κ2) is 9.71. The second-order valence-electron chi connectivity index (χ2n) is 7.23. The Morgan fingerprint density at radius 3 is 2.27 bits per heavy atom. The molecular weight excluding hydrogens is 409 g/mol. The number of piperidine rings is 1. The normalized spacial score (nSPS) is 15.4. The Labute approximate surface area is 179 Å². The fourth-order valence-corrected chi connectivity index (χ4v) is 3.56. The van der Waals surface area contributed by atoms with Crippen LogP contribution in [0.15, 0.2) is 48.5 Å². The Bertz CT molecular complexity index is 945. The van der Waals surface area contributed by atoms with Crippen LogP contribution in [0.1, 0.15) is 40.5 Å². The Kier molecular flexibility index (Phi) is 7.05. The maximum Gasteiger partial charge on any atom is 0.256 e. The molecule has 8 heteroatoms. The molecule has 2 aromatic carbocycles. The van der Waals surface area contributed by atoms with Crippen LogP contribution in [0.25, 0.3) is 0 Å². The van der Waals surface area contributed by atoms with Crippen LogP contribution in [0.4, 0.5) is 4.39 Å². The van der Waals surface area contributed by atoms with Gasteiger partial charge in [-0.05, 0) is 44.0 Å². The average Bonchev–Trinajstić information content (AvgIpc) is 2.74. The quantitative estimate of drug-likeness (QED) is 0.763. The molecule has 0 aromatic heterocycles. The molecule has 6 nitrogen and oxygen atoms in total. The first-order valence-electron chi connectivity index (χ1n) is 9.76. The van der Waals surface area contributed by atoms with E-state index in [2.05, 4.69) is 10.6 Å². The van der Waals surface area contributed by atoms with E-state index in [1.807, 2.05) is 0 Å². The highest BCUT2D eigenvalue weighted by Crippen LogP contribution is 2.17. The van der Waals surface area contributed by atoms with Gasteiger partial charge in [0.05, 0.1) is 16.1 Å². The van der Waals surface area contributed by atoms with E-state index in [1.165, 1.54) is 12.1 Å². The molecule has 0 spiro atoms. The number of carbonyl (C=O) groups excluding carboxylic acids is 3. The highest BCUT2D eigenvalue weighted by Gasteiger charge is 2.27. The number of carbonyl (C=O) groups is 3. The number of nitrogens with one attached hydrogen (secondary N) is 2. The third kappa shape index (κ3) is 5.16. The smallest absolute Gasteiger partial charge is 0.256 e. The fourth-order valence-electron chi connectivity index (χ4n) is 3.34. The lowest BCUT2D eigenvalue weighted by Crippen LogP contribution is -2.51. The van der Waals surface area contributed by atoms with Gasteiger partial charge in [-0.25, -0.2) is 4.39 Å². The first kappa shape index (κ1) is 21.8. The van der Waals surface area contributed by atoms with Crippen molar-refractivity contribution in [2.75, 3.05) is 13.1 Å². The number of nitrogens with zero attached hydrogens (tertiary/aromatic N) is 1. The topological polar surface area (TPSA) is 78.5 Å². The van der Waals surface area contributed by atoms with Crippen molar-refractivity contribution >= 4 is 29.3 Å². The van der Waals surface area contributed by atoms with E-state index < -0.39 is 17.8 Å². The molecule has 1 aliphatic rings. The maximum atomic E-state index is 13.8. The van der Waals surface area contributed by atoms with Gasteiger partial charge in [-0.1, -0.05) is 35.9 Å². The third-order valence-electron chi connectivity index (χ3n) is 5.09. The molecule has 0 bridgehead atoms. The summed E-state index contributed by atoms with van der Waals surface area (Å²) >= 11 is 6.01. The molecule has 30 heavy (non-hydrogen) atoms. The standard InChI is InChI=1S/C22H23ClFN3O3/c1-14(25-21(29)16-6-2-4-8-18(16)23)20(28)26-15-10-12-27(13-11-15)22(30)17-7-3-5-9-19(17)24/h2-9,14-15H,10-13H2,1H3,(H,25,29)(H,26,28). The minimum absolute atomic E-state index is 0.0518. The van der Waals surface area contributed by atoms with Crippen LogP contribution < -0.4 is 10.6 Å². The van der Waals surface area contributed by atoms with E-state index in [9.17, 15) is 18.8 Å². The summed E-state index contributed by atoms with van der Waals surface area (Å²) in [4.78, 5) is 38.8. The number of halogens is 2. The van der Waals surface area contributed by atoms with Gasteiger partial charge in [-0.2, -0.15) is 0 Å². The first-order valence-corrected chi connectivity index (χ1v) is 10.1. The molecule has 2 aromatic rings. The van der Waals surface area contributed by atoms with E-state index in [4.69, 9.17) is 11.6 Å². The number of amides is 3. The maximum absolute atomic E-state index is 13.8. The van der Waals surface area contributed by atoms with Crippen molar-refractivity contribution in [3.05, 3.63) is 70.5 Å². The van der Waals surface area contributed by atoms with Gasteiger partial charge in [-0.15, -0.1) is 0 Å². The van der Waals surface area contributed by atoms with Crippen LogP contribution in [0, 0.1) is 5.82 Å². The average molecular weight is 432 g/mol. The monoisotopic (exact) mass is 431 g/mol. The largest absolute Gasteiger partial charge is 0.351 e. The van der Waals surface area contributed by atoms with Gasteiger partial charge >= 0.3 is 0 Å². The lowest BCUT2D eigenvalue weighted by molar-refractivity contribution is -0.123. The van der Waals surface area contributed by atoms with E-state index in [0.717, 1.165) is 0 Å². The molecule has 1 unspecified atom stereocenters. The van der Waals surface area contributed by atoms with Crippen molar-refractivity contribution < 1.29 is 18.8 Å².